The predicted octanol–water partition coefficient (Wildman–Crippen LogP) is 4.52. The number of aryl methyl sites for hydroxylation is 2. The summed E-state index contributed by atoms with van der Waals surface area (Å²) in [5, 5.41) is 17.4. The predicted molar refractivity (Wildman–Crippen MR) is 139 cm³/mol. The lowest BCUT2D eigenvalue weighted by Crippen LogP contribution is -2.46. The van der Waals surface area contributed by atoms with Gasteiger partial charge in [-0.15, -0.1) is 10.2 Å². The summed E-state index contributed by atoms with van der Waals surface area (Å²) in [5.41, 5.74) is 3.68. The first-order chi connectivity index (χ1) is 17.6. The van der Waals surface area contributed by atoms with Crippen LogP contribution in [0.4, 0.5) is 9.18 Å². The van der Waals surface area contributed by atoms with Gasteiger partial charge in [-0.2, -0.15) is 5.10 Å². The third kappa shape index (κ3) is 5.53. The Morgan fingerprint density at radius 1 is 1.11 bits per heavy atom. The fourth-order valence-electron chi connectivity index (χ4n) is 4.70. The van der Waals surface area contributed by atoms with E-state index in [1.807, 2.05) is 59.1 Å². The normalized spacial score (nSPS) is 15.0. The van der Waals surface area contributed by atoms with Crippen LogP contribution in [-0.2, 0) is 18.3 Å². The molecule has 194 valence electrons. The van der Waals surface area contributed by atoms with Crippen molar-refractivity contribution in [3.8, 4) is 11.1 Å². The Morgan fingerprint density at radius 2 is 1.84 bits per heavy atom. The minimum atomic E-state index is -0.505. The number of nitrogens with one attached hydrogen (secondary N) is 1. The van der Waals surface area contributed by atoms with Gasteiger partial charge in [-0.25, -0.2) is 14.2 Å². The smallest absolute Gasteiger partial charge is 0.410 e. The monoisotopic (exact) mass is 505 g/mol. The van der Waals surface area contributed by atoms with Crippen LogP contribution in [-0.4, -0.2) is 60.7 Å². The van der Waals surface area contributed by atoms with E-state index in [4.69, 9.17) is 4.74 Å². The molecule has 37 heavy (non-hydrogen) atoms. The Balaban J connectivity index is 1.26. The second kappa shape index (κ2) is 9.66. The number of benzene rings is 2. The van der Waals surface area contributed by atoms with E-state index in [-0.39, 0.29) is 17.7 Å². The summed E-state index contributed by atoms with van der Waals surface area (Å²) in [7, 11) is 1.88. The highest BCUT2D eigenvalue weighted by Crippen LogP contribution is 2.29. The lowest BCUT2D eigenvalue weighted by atomic mass is 10.0. The Hall–Kier alpha value is -3.66. The van der Waals surface area contributed by atoms with Crippen molar-refractivity contribution in [2.75, 3.05) is 13.1 Å². The van der Waals surface area contributed by atoms with E-state index >= 15 is 4.39 Å². The van der Waals surface area contributed by atoms with Crippen molar-refractivity contribution in [3.63, 3.8) is 0 Å². The van der Waals surface area contributed by atoms with Crippen molar-refractivity contribution < 1.29 is 13.9 Å². The van der Waals surface area contributed by atoms with Gasteiger partial charge in [-0.3, -0.25) is 4.68 Å². The minimum absolute atomic E-state index is 0.203. The van der Waals surface area contributed by atoms with Crippen LogP contribution in [0.2, 0.25) is 0 Å². The highest BCUT2D eigenvalue weighted by molar-refractivity contribution is 5.89. The maximum Gasteiger partial charge on any atom is 0.410 e. The molecular weight excluding hydrogens is 473 g/mol. The van der Waals surface area contributed by atoms with Crippen LogP contribution in [0.5, 0.6) is 0 Å². The molecule has 1 aliphatic rings. The molecule has 1 fully saturated rings. The highest BCUT2D eigenvalue weighted by Gasteiger charge is 2.26. The van der Waals surface area contributed by atoms with Gasteiger partial charge in [0.05, 0.1) is 12.1 Å². The first kappa shape index (κ1) is 25.0. The van der Waals surface area contributed by atoms with Gasteiger partial charge in [0.1, 0.15) is 16.6 Å². The Labute approximate surface area is 215 Å². The van der Waals surface area contributed by atoms with Crippen molar-refractivity contribution in [2.45, 2.75) is 58.7 Å². The van der Waals surface area contributed by atoms with Gasteiger partial charge >= 0.3 is 6.09 Å². The molecule has 2 aromatic heterocycles. The van der Waals surface area contributed by atoms with Crippen molar-refractivity contribution in [1.82, 2.24) is 35.2 Å². The molecular formula is C27H32FN7O2. The number of amides is 1. The Kier molecular flexibility index (Phi) is 6.53. The summed E-state index contributed by atoms with van der Waals surface area (Å²) >= 11 is 0. The van der Waals surface area contributed by atoms with Crippen LogP contribution in [0, 0.1) is 12.7 Å². The summed E-state index contributed by atoms with van der Waals surface area (Å²) in [6.45, 7) is 9.19. The average Bonchev–Trinajstić information content (AvgIpc) is 3.23. The van der Waals surface area contributed by atoms with E-state index in [1.165, 1.54) is 6.07 Å². The Morgan fingerprint density at radius 3 is 2.57 bits per heavy atom. The number of rotatable bonds is 4. The molecule has 0 aliphatic carbocycles. The van der Waals surface area contributed by atoms with Crippen molar-refractivity contribution in [1.29, 1.82) is 0 Å². The zero-order valence-corrected chi connectivity index (χ0v) is 21.9. The number of carbonyl (C=O) groups is 1. The van der Waals surface area contributed by atoms with Crippen molar-refractivity contribution >= 4 is 28.0 Å². The molecule has 1 saturated heterocycles. The number of nitrogens with zero attached hydrogens (tertiary/aromatic N) is 6. The number of likely N-dealkylation sites (tertiary alicyclic amines) is 1. The number of fused-ring (bicyclic) bond motifs is 2. The van der Waals surface area contributed by atoms with Crippen molar-refractivity contribution in [3.05, 3.63) is 47.7 Å². The van der Waals surface area contributed by atoms with Gasteiger partial charge in [0.25, 0.3) is 0 Å². The fourth-order valence-corrected chi connectivity index (χ4v) is 4.70. The minimum Gasteiger partial charge on any atom is -0.444 e. The first-order valence-corrected chi connectivity index (χ1v) is 12.5. The van der Waals surface area contributed by atoms with Crippen molar-refractivity contribution in [2.24, 2.45) is 7.05 Å². The van der Waals surface area contributed by atoms with Gasteiger partial charge in [-0.1, -0.05) is 0 Å². The quantitative estimate of drug-likeness (QED) is 0.436. The van der Waals surface area contributed by atoms with Crippen LogP contribution in [0.15, 0.2) is 30.5 Å². The zero-order valence-electron chi connectivity index (χ0n) is 21.9. The molecule has 1 amide bonds. The molecule has 10 heteroatoms. The molecule has 0 bridgehead atoms. The molecule has 3 heterocycles. The molecule has 5 rings (SSSR count). The molecule has 0 radical (unpaired) electrons. The number of hydrogen-bond acceptors (Lipinski definition) is 7. The largest absolute Gasteiger partial charge is 0.444 e. The number of hydrogen-bond donors (Lipinski definition) is 1. The van der Waals surface area contributed by atoms with Crippen LogP contribution in [0.1, 0.15) is 45.0 Å². The topological polar surface area (TPSA) is 98.1 Å². The van der Waals surface area contributed by atoms with Crippen LogP contribution in [0.25, 0.3) is 33.1 Å². The number of ether oxygens (including phenoxy) is 1. The molecule has 4 aromatic rings. The number of piperidine rings is 1. The molecule has 0 saturated carbocycles. The summed E-state index contributed by atoms with van der Waals surface area (Å²) in [6, 6.07) is 7.53. The molecule has 2 aromatic carbocycles. The SMILES string of the molecule is Cc1cc(-c2cc(F)c3nc(CNC4CCN(C(=O)OC(C)(C)C)CC4)nnc3c2)cc2cn(C)nc12. The lowest BCUT2D eigenvalue weighted by molar-refractivity contribution is 0.0198. The van der Waals surface area contributed by atoms with Gasteiger partial charge in [0.2, 0.25) is 0 Å². The molecule has 0 spiro atoms. The van der Waals surface area contributed by atoms with E-state index in [2.05, 4.69) is 25.6 Å². The van der Waals surface area contributed by atoms with Gasteiger partial charge < -0.3 is 15.0 Å². The molecule has 0 atom stereocenters. The highest BCUT2D eigenvalue weighted by atomic mass is 19.1. The second-order valence-electron chi connectivity index (χ2n) is 10.7. The van der Waals surface area contributed by atoms with E-state index in [0.717, 1.165) is 40.4 Å². The molecule has 1 N–H and O–H groups in total. The molecule has 1 aliphatic heterocycles. The number of carbonyl (C=O) groups excluding carboxylic acids is 1. The summed E-state index contributed by atoms with van der Waals surface area (Å²) in [4.78, 5) is 18.4. The van der Waals surface area contributed by atoms with Gasteiger partial charge in [-0.05, 0) is 81.5 Å². The summed E-state index contributed by atoms with van der Waals surface area (Å²) in [5.74, 6) is -0.000369. The maximum atomic E-state index is 15.1. The standard InChI is InChI=1S/C27H32FN7O2/c1-16-10-17(11-19-15-34(5)33-24(16)19)18-12-21(28)25-22(13-18)31-32-23(30-25)14-29-20-6-8-35(9-7-20)26(36)37-27(2,3)4/h10-13,15,20,29H,6-9,14H2,1-5H3. The average molecular weight is 506 g/mol. The maximum absolute atomic E-state index is 15.1. The second-order valence-corrected chi connectivity index (χ2v) is 10.7. The van der Waals surface area contributed by atoms with E-state index in [0.29, 0.717) is 31.0 Å². The third-order valence-corrected chi connectivity index (χ3v) is 6.50. The van der Waals surface area contributed by atoms with E-state index in [1.54, 1.807) is 9.58 Å². The first-order valence-electron chi connectivity index (χ1n) is 12.5. The van der Waals surface area contributed by atoms with E-state index < -0.39 is 11.4 Å². The van der Waals surface area contributed by atoms with Crippen LogP contribution >= 0.6 is 0 Å². The zero-order chi connectivity index (χ0) is 26.3. The van der Waals surface area contributed by atoms with Crippen LogP contribution in [0.3, 0.4) is 0 Å². The van der Waals surface area contributed by atoms with E-state index in [9.17, 15) is 4.79 Å². The fraction of sp³-hybridized carbons (Fsp3) is 0.444. The van der Waals surface area contributed by atoms with Crippen LogP contribution < -0.4 is 5.32 Å². The molecule has 9 nitrogen and oxygen atoms in total. The lowest BCUT2D eigenvalue weighted by Gasteiger charge is -2.33. The summed E-state index contributed by atoms with van der Waals surface area (Å²) in [6.07, 6.45) is 3.25. The Bertz CT molecular complexity index is 1470. The van der Waals surface area contributed by atoms with Gasteiger partial charge in [0.15, 0.2) is 11.6 Å². The summed E-state index contributed by atoms with van der Waals surface area (Å²) < 4.78 is 22.4. The van der Waals surface area contributed by atoms with Gasteiger partial charge in [0, 0.05) is 37.8 Å². The third-order valence-electron chi connectivity index (χ3n) is 6.50. The molecule has 0 unspecified atom stereocenters. The number of halogens is 1. The number of aromatic nitrogens is 5.